The molecule has 1 aromatic heterocycles. The van der Waals surface area contributed by atoms with Gasteiger partial charge in [-0.1, -0.05) is 6.92 Å². The highest BCUT2D eigenvalue weighted by Crippen LogP contribution is 2.14. The van der Waals surface area contributed by atoms with Crippen molar-refractivity contribution in [2.24, 2.45) is 0 Å². The summed E-state index contributed by atoms with van der Waals surface area (Å²) in [4.78, 5) is 0. The minimum absolute atomic E-state index is 0.170. The first-order valence-electron chi connectivity index (χ1n) is 4.94. The lowest BCUT2D eigenvalue weighted by Gasteiger charge is -2.18. The number of nitrogens with one attached hydrogen (secondary N) is 1. The molecule has 3 heteroatoms. The van der Waals surface area contributed by atoms with E-state index in [1.54, 1.807) is 6.26 Å². The lowest BCUT2D eigenvalue weighted by molar-refractivity contribution is 0.384. The van der Waals surface area contributed by atoms with E-state index < -0.39 is 0 Å². The van der Waals surface area contributed by atoms with Crippen LogP contribution in [0.3, 0.4) is 0 Å². The molecular weight excluding hydrogens is 176 g/mol. The zero-order valence-electron chi connectivity index (χ0n) is 8.66. The van der Waals surface area contributed by atoms with E-state index in [0.29, 0.717) is 6.42 Å². The monoisotopic (exact) mass is 192 g/mol. The van der Waals surface area contributed by atoms with E-state index >= 15 is 0 Å². The van der Waals surface area contributed by atoms with E-state index in [4.69, 9.17) is 9.68 Å². The molecule has 76 valence electrons. The maximum absolute atomic E-state index is 8.60. The summed E-state index contributed by atoms with van der Waals surface area (Å²) in [6, 6.07) is 6.41. The molecule has 1 rings (SSSR count). The van der Waals surface area contributed by atoms with Crippen molar-refractivity contribution in [1.29, 1.82) is 5.26 Å². The zero-order valence-corrected chi connectivity index (χ0v) is 8.66. The highest BCUT2D eigenvalue weighted by molar-refractivity contribution is 5.03. The Bertz CT molecular complexity index is 287. The van der Waals surface area contributed by atoms with E-state index in [1.165, 1.54) is 0 Å². The van der Waals surface area contributed by atoms with Gasteiger partial charge in [-0.15, -0.1) is 0 Å². The van der Waals surface area contributed by atoms with Crippen molar-refractivity contribution in [3.05, 3.63) is 24.2 Å². The van der Waals surface area contributed by atoms with Gasteiger partial charge in [0, 0.05) is 6.04 Å². The Balaban J connectivity index is 2.47. The van der Waals surface area contributed by atoms with Crippen molar-refractivity contribution in [2.75, 3.05) is 0 Å². The Morgan fingerprint density at radius 2 is 2.43 bits per heavy atom. The zero-order chi connectivity index (χ0) is 10.4. The van der Waals surface area contributed by atoms with Gasteiger partial charge in [0.1, 0.15) is 5.76 Å². The lowest BCUT2D eigenvalue weighted by atomic mass is 10.1. The van der Waals surface area contributed by atoms with Crippen LogP contribution < -0.4 is 5.32 Å². The molecule has 0 aromatic carbocycles. The second-order valence-corrected chi connectivity index (χ2v) is 3.37. The Hall–Kier alpha value is -1.27. The quantitative estimate of drug-likeness (QED) is 0.780. The van der Waals surface area contributed by atoms with Crippen molar-refractivity contribution in [1.82, 2.24) is 5.32 Å². The van der Waals surface area contributed by atoms with Gasteiger partial charge in [0.15, 0.2) is 0 Å². The van der Waals surface area contributed by atoms with Gasteiger partial charge in [0.25, 0.3) is 0 Å². The molecule has 0 radical (unpaired) electrons. The molecule has 1 aromatic rings. The van der Waals surface area contributed by atoms with Crippen molar-refractivity contribution in [3.63, 3.8) is 0 Å². The third-order valence-electron chi connectivity index (χ3n) is 2.29. The Labute approximate surface area is 84.7 Å². The first kappa shape index (κ1) is 10.8. The van der Waals surface area contributed by atoms with Crippen LogP contribution in [-0.4, -0.2) is 6.04 Å². The number of furan rings is 1. The third kappa shape index (κ3) is 2.90. The summed E-state index contributed by atoms with van der Waals surface area (Å²) >= 11 is 0. The molecule has 14 heavy (non-hydrogen) atoms. The second-order valence-electron chi connectivity index (χ2n) is 3.37. The third-order valence-corrected chi connectivity index (χ3v) is 2.29. The van der Waals surface area contributed by atoms with Crippen LogP contribution in [0, 0.1) is 11.3 Å². The van der Waals surface area contributed by atoms with Crippen LogP contribution >= 0.6 is 0 Å². The van der Waals surface area contributed by atoms with Gasteiger partial charge >= 0.3 is 0 Å². The topological polar surface area (TPSA) is 49.0 Å². The highest BCUT2D eigenvalue weighted by atomic mass is 16.3. The van der Waals surface area contributed by atoms with Crippen LogP contribution in [0.1, 0.15) is 38.5 Å². The molecule has 0 spiro atoms. The number of nitriles is 1. The van der Waals surface area contributed by atoms with Crippen LogP contribution in [0.2, 0.25) is 0 Å². The van der Waals surface area contributed by atoms with Gasteiger partial charge in [-0.2, -0.15) is 5.26 Å². The summed E-state index contributed by atoms with van der Waals surface area (Å²) in [5, 5.41) is 12.0. The van der Waals surface area contributed by atoms with E-state index in [9.17, 15) is 0 Å². The van der Waals surface area contributed by atoms with Crippen molar-refractivity contribution < 1.29 is 4.42 Å². The van der Waals surface area contributed by atoms with Crippen molar-refractivity contribution in [3.8, 4) is 6.07 Å². The van der Waals surface area contributed by atoms with E-state index in [0.717, 1.165) is 12.2 Å². The van der Waals surface area contributed by atoms with Crippen molar-refractivity contribution >= 4 is 0 Å². The van der Waals surface area contributed by atoms with E-state index in [1.807, 2.05) is 19.1 Å². The largest absolute Gasteiger partial charge is 0.468 e. The van der Waals surface area contributed by atoms with Gasteiger partial charge in [0.2, 0.25) is 0 Å². The Kier molecular flexibility index (Phi) is 4.21. The lowest BCUT2D eigenvalue weighted by Crippen LogP contribution is -2.30. The molecule has 3 nitrogen and oxygen atoms in total. The van der Waals surface area contributed by atoms with Gasteiger partial charge in [0.05, 0.1) is 24.8 Å². The fourth-order valence-electron chi connectivity index (χ4n) is 1.40. The molecule has 2 unspecified atom stereocenters. The molecule has 2 atom stereocenters. The van der Waals surface area contributed by atoms with Crippen LogP contribution in [0.25, 0.3) is 0 Å². The second kappa shape index (κ2) is 5.46. The first-order chi connectivity index (χ1) is 6.77. The summed E-state index contributed by atoms with van der Waals surface area (Å²) in [5.74, 6) is 0.918. The summed E-state index contributed by atoms with van der Waals surface area (Å²) in [7, 11) is 0. The van der Waals surface area contributed by atoms with Crippen LogP contribution in [0.5, 0.6) is 0 Å². The normalized spacial score (nSPS) is 14.6. The van der Waals surface area contributed by atoms with Gasteiger partial charge < -0.3 is 9.73 Å². The van der Waals surface area contributed by atoms with Gasteiger partial charge in [-0.3, -0.25) is 0 Å². The van der Waals surface area contributed by atoms with Crippen molar-refractivity contribution in [2.45, 2.75) is 38.8 Å². The average molecular weight is 192 g/mol. The SMILES string of the molecule is CCC(CC#N)NC(C)c1ccco1. The molecule has 0 amide bonds. The highest BCUT2D eigenvalue weighted by Gasteiger charge is 2.12. The smallest absolute Gasteiger partial charge is 0.120 e. The molecule has 1 N–H and O–H groups in total. The number of rotatable bonds is 5. The average Bonchev–Trinajstić information content (AvgIpc) is 2.69. The fourth-order valence-corrected chi connectivity index (χ4v) is 1.40. The Morgan fingerprint density at radius 3 is 2.93 bits per heavy atom. The standard InChI is InChI=1S/C11H16N2O/c1-3-10(6-7-12)13-9(2)11-5-4-8-14-11/h4-5,8-10,13H,3,6H2,1-2H3. The maximum atomic E-state index is 8.60. The Morgan fingerprint density at radius 1 is 1.64 bits per heavy atom. The summed E-state index contributed by atoms with van der Waals surface area (Å²) in [6.45, 7) is 4.11. The predicted octanol–water partition coefficient (Wildman–Crippen LogP) is 2.62. The summed E-state index contributed by atoms with van der Waals surface area (Å²) < 4.78 is 5.27. The molecule has 0 aliphatic carbocycles. The molecule has 0 aliphatic rings. The predicted molar refractivity (Wildman–Crippen MR) is 54.6 cm³/mol. The fraction of sp³-hybridized carbons (Fsp3) is 0.545. The number of hydrogen-bond donors (Lipinski definition) is 1. The van der Waals surface area contributed by atoms with E-state index in [2.05, 4.69) is 18.3 Å². The van der Waals surface area contributed by atoms with Crippen LogP contribution in [-0.2, 0) is 0 Å². The summed E-state index contributed by atoms with van der Waals surface area (Å²) in [5.41, 5.74) is 0. The van der Waals surface area contributed by atoms with E-state index in [-0.39, 0.29) is 12.1 Å². The van der Waals surface area contributed by atoms with Gasteiger partial charge in [-0.05, 0) is 25.5 Å². The molecule has 0 aliphatic heterocycles. The van der Waals surface area contributed by atoms with Crippen LogP contribution in [0.4, 0.5) is 0 Å². The molecule has 0 fully saturated rings. The molecule has 0 saturated carbocycles. The molecular formula is C11H16N2O. The van der Waals surface area contributed by atoms with Gasteiger partial charge in [-0.25, -0.2) is 0 Å². The van der Waals surface area contributed by atoms with Crippen LogP contribution in [0.15, 0.2) is 22.8 Å². The molecule has 0 bridgehead atoms. The number of nitrogens with zero attached hydrogens (tertiary/aromatic N) is 1. The first-order valence-corrected chi connectivity index (χ1v) is 4.94. The molecule has 1 heterocycles. The minimum atomic E-state index is 0.170. The summed E-state index contributed by atoms with van der Waals surface area (Å²) in [6.07, 6.45) is 3.17. The minimum Gasteiger partial charge on any atom is -0.468 e. The number of hydrogen-bond acceptors (Lipinski definition) is 3. The molecule has 0 saturated heterocycles. The maximum Gasteiger partial charge on any atom is 0.120 e.